The molecule has 120 valence electrons. The fourth-order valence-electron chi connectivity index (χ4n) is 2.22. The average Bonchev–Trinajstić information content (AvgIpc) is 3.32. The summed E-state index contributed by atoms with van der Waals surface area (Å²) in [4.78, 5) is 11.2. The van der Waals surface area contributed by atoms with Crippen molar-refractivity contribution >= 4 is 15.9 Å². The molecule has 0 spiro atoms. The molecule has 2 fully saturated rings. The zero-order valence-electron chi connectivity index (χ0n) is 11.8. The SMILES string of the molecule is O=C(CN(C1CC1)S(=O)(=O)c1cc(F)ccc1F)NC1CC1. The third-order valence-corrected chi connectivity index (χ3v) is 5.59. The molecule has 22 heavy (non-hydrogen) atoms. The number of nitrogens with one attached hydrogen (secondary N) is 1. The van der Waals surface area contributed by atoms with Crippen LogP contribution in [0.1, 0.15) is 25.7 Å². The Hall–Kier alpha value is -1.54. The smallest absolute Gasteiger partial charge is 0.246 e. The second kappa shape index (κ2) is 5.58. The van der Waals surface area contributed by atoms with Gasteiger partial charge in [-0.05, 0) is 43.9 Å². The van der Waals surface area contributed by atoms with Crippen molar-refractivity contribution in [3.05, 3.63) is 29.8 Å². The van der Waals surface area contributed by atoms with Crippen LogP contribution in [0.3, 0.4) is 0 Å². The molecule has 2 aliphatic rings. The lowest BCUT2D eigenvalue weighted by atomic mass is 10.3. The Kier molecular flexibility index (Phi) is 3.90. The summed E-state index contributed by atoms with van der Waals surface area (Å²) in [5.74, 6) is -2.26. The molecule has 8 heteroatoms. The number of sulfonamides is 1. The van der Waals surface area contributed by atoms with Crippen LogP contribution in [0.5, 0.6) is 0 Å². The molecule has 0 saturated heterocycles. The Morgan fingerprint density at radius 3 is 2.50 bits per heavy atom. The lowest BCUT2D eigenvalue weighted by Crippen LogP contribution is -2.42. The maximum atomic E-state index is 13.8. The molecular weight excluding hydrogens is 314 g/mol. The lowest BCUT2D eigenvalue weighted by Gasteiger charge is -2.21. The molecule has 1 amide bonds. The first-order valence-corrected chi connectivity index (χ1v) is 8.58. The molecule has 0 atom stereocenters. The molecule has 0 unspecified atom stereocenters. The average molecular weight is 330 g/mol. The lowest BCUT2D eigenvalue weighted by molar-refractivity contribution is -0.121. The van der Waals surface area contributed by atoms with E-state index in [2.05, 4.69) is 5.32 Å². The van der Waals surface area contributed by atoms with Crippen molar-refractivity contribution in [1.29, 1.82) is 0 Å². The van der Waals surface area contributed by atoms with Crippen LogP contribution < -0.4 is 5.32 Å². The summed E-state index contributed by atoms with van der Waals surface area (Å²) in [5.41, 5.74) is 0. The van der Waals surface area contributed by atoms with Crippen molar-refractivity contribution in [1.82, 2.24) is 9.62 Å². The summed E-state index contributed by atoms with van der Waals surface area (Å²) in [6, 6.07) is 2.08. The van der Waals surface area contributed by atoms with E-state index < -0.39 is 32.5 Å². The number of amides is 1. The summed E-state index contributed by atoms with van der Waals surface area (Å²) in [6.45, 7) is -0.362. The van der Waals surface area contributed by atoms with Gasteiger partial charge in [-0.3, -0.25) is 4.79 Å². The zero-order valence-corrected chi connectivity index (χ0v) is 12.6. The Labute approximate surface area is 127 Å². The minimum atomic E-state index is -4.24. The maximum absolute atomic E-state index is 13.8. The van der Waals surface area contributed by atoms with Crippen molar-refractivity contribution in [3.8, 4) is 0 Å². The van der Waals surface area contributed by atoms with Crippen LogP contribution in [0.4, 0.5) is 8.78 Å². The largest absolute Gasteiger partial charge is 0.352 e. The highest BCUT2D eigenvalue weighted by atomic mass is 32.2. The minimum Gasteiger partial charge on any atom is -0.352 e. The number of carbonyl (C=O) groups is 1. The van der Waals surface area contributed by atoms with E-state index in [-0.39, 0.29) is 18.6 Å². The highest BCUT2D eigenvalue weighted by Gasteiger charge is 2.41. The van der Waals surface area contributed by atoms with Crippen molar-refractivity contribution in [3.63, 3.8) is 0 Å². The fraction of sp³-hybridized carbons (Fsp3) is 0.500. The van der Waals surface area contributed by atoms with E-state index in [0.29, 0.717) is 18.9 Å². The first-order chi connectivity index (χ1) is 10.4. The summed E-state index contributed by atoms with van der Waals surface area (Å²) >= 11 is 0. The predicted molar refractivity (Wildman–Crippen MR) is 74.4 cm³/mol. The molecule has 1 N–H and O–H groups in total. The van der Waals surface area contributed by atoms with Crippen LogP contribution >= 0.6 is 0 Å². The Balaban J connectivity index is 1.85. The molecule has 0 radical (unpaired) electrons. The van der Waals surface area contributed by atoms with Gasteiger partial charge < -0.3 is 5.32 Å². The van der Waals surface area contributed by atoms with E-state index in [1.807, 2.05) is 0 Å². The van der Waals surface area contributed by atoms with E-state index >= 15 is 0 Å². The minimum absolute atomic E-state index is 0.113. The Bertz CT molecular complexity index is 700. The number of carbonyl (C=O) groups excluding carboxylic acids is 1. The van der Waals surface area contributed by atoms with Gasteiger partial charge in [-0.15, -0.1) is 0 Å². The number of hydrogen-bond acceptors (Lipinski definition) is 3. The molecular formula is C14H16F2N2O3S. The van der Waals surface area contributed by atoms with Gasteiger partial charge in [-0.25, -0.2) is 17.2 Å². The van der Waals surface area contributed by atoms with Gasteiger partial charge in [0.15, 0.2) is 0 Å². The second-order valence-corrected chi connectivity index (χ2v) is 7.56. The van der Waals surface area contributed by atoms with Crippen LogP contribution in [0, 0.1) is 11.6 Å². The van der Waals surface area contributed by atoms with E-state index in [1.54, 1.807) is 0 Å². The molecule has 2 saturated carbocycles. The van der Waals surface area contributed by atoms with Crippen LogP contribution in [0.2, 0.25) is 0 Å². The normalized spacial score (nSPS) is 18.5. The maximum Gasteiger partial charge on any atom is 0.246 e. The van der Waals surface area contributed by atoms with Gasteiger partial charge in [0.05, 0.1) is 6.54 Å². The highest BCUT2D eigenvalue weighted by molar-refractivity contribution is 7.89. The Morgan fingerprint density at radius 1 is 1.23 bits per heavy atom. The second-order valence-electron chi connectivity index (χ2n) is 5.70. The van der Waals surface area contributed by atoms with Gasteiger partial charge in [0, 0.05) is 12.1 Å². The number of benzene rings is 1. The first-order valence-electron chi connectivity index (χ1n) is 7.14. The number of rotatable bonds is 6. The van der Waals surface area contributed by atoms with E-state index in [4.69, 9.17) is 0 Å². The molecule has 0 aliphatic heterocycles. The van der Waals surface area contributed by atoms with E-state index in [0.717, 1.165) is 29.3 Å². The number of halogens is 2. The number of nitrogens with zero attached hydrogens (tertiary/aromatic N) is 1. The molecule has 5 nitrogen and oxygen atoms in total. The topological polar surface area (TPSA) is 66.5 Å². The van der Waals surface area contributed by atoms with Gasteiger partial charge in [0.25, 0.3) is 0 Å². The molecule has 0 aromatic heterocycles. The summed E-state index contributed by atoms with van der Waals surface area (Å²) in [7, 11) is -4.24. The summed E-state index contributed by atoms with van der Waals surface area (Å²) in [5, 5.41) is 2.70. The highest BCUT2D eigenvalue weighted by Crippen LogP contribution is 2.33. The van der Waals surface area contributed by atoms with Crippen molar-refractivity contribution < 1.29 is 22.0 Å². The van der Waals surface area contributed by atoms with Crippen molar-refractivity contribution in [2.45, 2.75) is 42.7 Å². The van der Waals surface area contributed by atoms with Gasteiger partial charge in [-0.1, -0.05) is 0 Å². The van der Waals surface area contributed by atoms with Crippen LogP contribution in [-0.4, -0.2) is 37.3 Å². The first kappa shape index (κ1) is 15.4. The van der Waals surface area contributed by atoms with Crippen LogP contribution in [-0.2, 0) is 14.8 Å². The van der Waals surface area contributed by atoms with Crippen molar-refractivity contribution in [2.75, 3.05) is 6.54 Å². The molecule has 2 aliphatic carbocycles. The van der Waals surface area contributed by atoms with Crippen LogP contribution in [0.15, 0.2) is 23.1 Å². The quantitative estimate of drug-likeness (QED) is 0.857. The molecule has 0 heterocycles. The summed E-state index contributed by atoms with van der Waals surface area (Å²) in [6.07, 6.45) is 3.01. The molecule has 1 aromatic carbocycles. The Morgan fingerprint density at radius 2 is 1.91 bits per heavy atom. The third kappa shape index (κ3) is 3.27. The molecule has 1 aromatic rings. The fourth-order valence-corrected chi connectivity index (χ4v) is 3.94. The zero-order chi connectivity index (χ0) is 15.9. The van der Waals surface area contributed by atoms with E-state index in [9.17, 15) is 22.0 Å². The van der Waals surface area contributed by atoms with Gasteiger partial charge in [-0.2, -0.15) is 4.31 Å². The molecule has 3 rings (SSSR count). The van der Waals surface area contributed by atoms with Gasteiger partial charge >= 0.3 is 0 Å². The third-order valence-electron chi connectivity index (χ3n) is 3.68. The van der Waals surface area contributed by atoms with Crippen molar-refractivity contribution in [2.24, 2.45) is 0 Å². The predicted octanol–water partition coefficient (Wildman–Crippen LogP) is 1.40. The van der Waals surface area contributed by atoms with Gasteiger partial charge in [0.2, 0.25) is 15.9 Å². The monoisotopic (exact) mass is 330 g/mol. The molecule has 0 bridgehead atoms. The standard InChI is InChI=1S/C14H16F2N2O3S/c15-9-1-6-12(16)13(7-9)22(20,21)18(11-4-5-11)8-14(19)17-10-2-3-10/h1,6-7,10-11H,2-5,8H2,(H,17,19). The van der Waals surface area contributed by atoms with Crippen LogP contribution in [0.25, 0.3) is 0 Å². The number of hydrogen-bond donors (Lipinski definition) is 1. The summed E-state index contributed by atoms with van der Waals surface area (Å²) < 4.78 is 53.2. The van der Waals surface area contributed by atoms with E-state index in [1.165, 1.54) is 0 Å². The van der Waals surface area contributed by atoms with Gasteiger partial charge in [0.1, 0.15) is 16.5 Å².